The maximum atomic E-state index is 12.0. The number of benzene rings is 1. The predicted octanol–water partition coefficient (Wildman–Crippen LogP) is 0.780. The molecule has 0 spiro atoms. The number of carbonyl (C=O) groups excluding carboxylic acids is 1. The van der Waals surface area contributed by atoms with Crippen LogP contribution < -0.4 is 5.32 Å². The first kappa shape index (κ1) is 15.0. The topological polar surface area (TPSA) is 50.8 Å². The first-order valence-corrected chi connectivity index (χ1v) is 6.85. The summed E-state index contributed by atoms with van der Waals surface area (Å²) < 4.78 is 10.6. The van der Waals surface area contributed by atoms with Crippen molar-refractivity contribution in [2.45, 2.75) is 19.2 Å². The average molecular weight is 278 g/mol. The van der Waals surface area contributed by atoms with Crippen molar-refractivity contribution in [1.29, 1.82) is 0 Å². The summed E-state index contributed by atoms with van der Waals surface area (Å²) in [7, 11) is 4.06. The molecule has 5 nitrogen and oxygen atoms in total. The van der Waals surface area contributed by atoms with Gasteiger partial charge in [-0.25, -0.2) is 0 Å². The molecule has 20 heavy (non-hydrogen) atoms. The molecule has 2 rings (SSSR count). The molecule has 1 fully saturated rings. The maximum Gasteiger partial charge on any atom is 0.251 e. The van der Waals surface area contributed by atoms with Crippen molar-refractivity contribution in [3.8, 4) is 0 Å². The molecule has 0 saturated carbocycles. The van der Waals surface area contributed by atoms with Gasteiger partial charge in [-0.15, -0.1) is 0 Å². The van der Waals surface area contributed by atoms with Gasteiger partial charge in [-0.05, 0) is 25.2 Å². The maximum absolute atomic E-state index is 12.0. The predicted molar refractivity (Wildman–Crippen MR) is 76.2 cm³/mol. The molecular formula is C15H22N2O3. The van der Waals surface area contributed by atoms with Crippen molar-refractivity contribution >= 4 is 5.91 Å². The van der Waals surface area contributed by atoms with E-state index < -0.39 is 6.10 Å². The highest BCUT2D eigenvalue weighted by molar-refractivity contribution is 5.81. The van der Waals surface area contributed by atoms with Gasteiger partial charge in [-0.2, -0.15) is 0 Å². The molecule has 0 aliphatic carbocycles. The highest BCUT2D eigenvalue weighted by atomic mass is 16.6. The molecule has 1 aromatic carbocycles. The van der Waals surface area contributed by atoms with Crippen molar-refractivity contribution in [1.82, 2.24) is 10.2 Å². The van der Waals surface area contributed by atoms with E-state index in [1.807, 2.05) is 32.3 Å². The molecule has 1 heterocycles. The molecule has 5 heteroatoms. The van der Waals surface area contributed by atoms with Crippen LogP contribution in [0, 0.1) is 0 Å². The van der Waals surface area contributed by atoms with Crippen molar-refractivity contribution in [2.24, 2.45) is 0 Å². The van der Waals surface area contributed by atoms with Gasteiger partial charge in [0.1, 0.15) is 0 Å². The molecule has 1 saturated heterocycles. The van der Waals surface area contributed by atoms with E-state index in [4.69, 9.17) is 9.47 Å². The summed E-state index contributed by atoms with van der Waals surface area (Å²) in [6, 6.07) is 8.13. The van der Waals surface area contributed by atoms with Gasteiger partial charge in [0.05, 0.1) is 19.8 Å². The third-order valence-corrected chi connectivity index (χ3v) is 3.17. The van der Waals surface area contributed by atoms with Crippen LogP contribution >= 0.6 is 0 Å². The van der Waals surface area contributed by atoms with Gasteiger partial charge < -0.3 is 19.7 Å². The number of amides is 1. The Bertz CT molecular complexity index is 442. The van der Waals surface area contributed by atoms with E-state index in [0.29, 0.717) is 26.4 Å². The summed E-state index contributed by atoms with van der Waals surface area (Å²) in [6.45, 7) is 2.76. The largest absolute Gasteiger partial charge is 0.376 e. The van der Waals surface area contributed by atoms with Crippen LogP contribution in [0.3, 0.4) is 0 Å². The fraction of sp³-hybridized carbons (Fsp3) is 0.533. The number of hydrogen-bond donors (Lipinski definition) is 1. The Morgan fingerprint density at radius 3 is 2.70 bits per heavy atom. The Morgan fingerprint density at radius 1 is 1.30 bits per heavy atom. The molecule has 1 aliphatic rings. The molecule has 1 aliphatic heterocycles. The van der Waals surface area contributed by atoms with Gasteiger partial charge in [0, 0.05) is 13.1 Å². The Hall–Kier alpha value is -1.43. The monoisotopic (exact) mass is 278 g/mol. The number of carbonyl (C=O) groups is 1. The fourth-order valence-electron chi connectivity index (χ4n) is 2.16. The number of ether oxygens (including phenoxy) is 2. The van der Waals surface area contributed by atoms with E-state index >= 15 is 0 Å². The van der Waals surface area contributed by atoms with E-state index in [1.165, 1.54) is 5.56 Å². The SMILES string of the molecule is CN(C)Cc1ccccc1CNC(=O)[C@@H]1COCCO1. The molecular weight excluding hydrogens is 256 g/mol. The second-order valence-electron chi connectivity index (χ2n) is 5.16. The number of hydrogen-bond acceptors (Lipinski definition) is 4. The molecule has 1 atom stereocenters. The van der Waals surface area contributed by atoms with Gasteiger partial charge >= 0.3 is 0 Å². The van der Waals surface area contributed by atoms with Crippen LogP contribution in [-0.2, 0) is 27.4 Å². The lowest BCUT2D eigenvalue weighted by atomic mass is 10.1. The normalized spacial score (nSPS) is 19.1. The van der Waals surface area contributed by atoms with E-state index in [0.717, 1.165) is 12.1 Å². The van der Waals surface area contributed by atoms with Crippen LogP contribution in [0.2, 0.25) is 0 Å². The molecule has 0 radical (unpaired) electrons. The highest BCUT2D eigenvalue weighted by Gasteiger charge is 2.22. The van der Waals surface area contributed by atoms with Gasteiger partial charge in [0.15, 0.2) is 6.10 Å². The minimum absolute atomic E-state index is 0.107. The Balaban J connectivity index is 1.91. The smallest absolute Gasteiger partial charge is 0.251 e. The third kappa shape index (κ3) is 4.30. The molecule has 0 bridgehead atoms. The molecule has 110 valence electrons. The molecule has 1 N–H and O–H groups in total. The molecule has 1 amide bonds. The van der Waals surface area contributed by atoms with E-state index in [9.17, 15) is 4.79 Å². The first-order valence-electron chi connectivity index (χ1n) is 6.85. The van der Waals surface area contributed by atoms with Gasteiger partial charge in [0.2, 0.25) is 0 Å². The minimum atomic E-state index is -0.482. The van der Waals surface area contributed by atoms with Crippen LogP contribution in [0.4, 0.5) is 0 Å². The number of rotatable bonds is 5. The second-order valence-corrected chi connectivity index (χ2v) is 5.16. The molecule has 0 unspecified atom stereocenters. The average Bonchev–Trinajstić information content (AvgIpc) is 2.46. The number of nitrogens with one attached hydrogen (secondary N) is 1. The second kappa shape index (κ2) is 7.38. The lowest BCUT2D eigenvalue weighted by molar-refractivity contribution is -0.147. The van der Waals surface area contributed by atoms with E-state index in [2.05, 4.69) is 16.3 Å². The van der Waals surface area contributed by atoms with Crippen LogP contribution in [0.1, 0.15) is 11.1 Å². The van der Waals surface area contributed by atoms with Crippen molar-refractivity contribution in [3.63, 3.8) is 0 Å². The zero-order chi connectivity index (χ0) is 14.4. The summed E-state index contributed by atoms with van der Waals surface area (Å²) in [5.74, 6) is -0.107. The lowest BCUT2D eigenvalue weighted by Crippen LogP contribution is -2.42. The fourth-order valence-corrected chi connectivity index (χ4v) is 2.16. The van der Waals surface area contributed by atoms with Crippen LogP contribution in [0.15, 0.2) is 24.3 Å². The Kier molecular flexibility index (Phi) is 5.52. The van der Waals surface area contributed by atoms with Crippen molar-refractivity contribution in [2.75, 3.05) is 33.9 Å². The lowest BCUT2D eigenvalue weighted by Gasteiger charge is -2.22. The summed E-state index contributed by atoms with van der Waals surface area (Å²) in [4.78, 5) is 14.1. The summed E-state index contributed by atoms with van der Waals surface area (Å²) in [6.07, 6.45) is -0.482. The highest BCUT2D eigenvalue weighted by Crippen LogP contribution is 2.10. The standard InChI is InChI=1S/C15H22N2O3/c1-17(2)10-13-6-4-3-5-12(13)9-16-15(18)14-11-19-7-8-20-14/h3-6,14H,7-11H2,1-2H3,(H,16,18)/t14-/m0/s1. The van der Waals surface area contributed by atoms with Crippen LogP contribution in [-0.4, -0.2) is 50.8 Å². The summed E-state index contributed by atoms with van der Waals surface area (Å²) >= 11 is 0. The van der Waals surface area contributed by atoms with Gasteiger partial charge in [-0.1, -0.05) is 24.3 Å². The van der Waals surface area contributed by atoms with Crippen LogP contribution in [0.5, 0.6) is 0 Å². The zero-order valence-corrected chi connectivity index (χ0v) is 12.1. The Morgan fingerprint density at radius 2 is 2.05 bits per heavy atom. The van der Waals surface area contributed by atoms with Gasteiger partial charge in [0.25, 0.3) is 5.91 Å². The molecule has 0 aromatic heterocycles. The summed E-state index contributed by atoms with van der Waals surface area (Å²) in [5, 5.41) is 2.92. The molecule has 1 aromatic rings. The zero-order valence-electron chi connectivity index (χ0n) is 12.1. The van der Waals surface area contributed by atoms with Gasteiger partial charge in [-0.3, -0.25) is 4.79 Å². The number of nitrogens with zero attached hydrogens (tertiary/aromatic N) is 1. The first-order chi connectivity index (χ1) is 9.66. The van der Waals surface area contributed by atoms with Crippen molar-refractivity contribution < 1.29 is 14.3 Å². The quantitative estimate of drug-likeness (QED) is 0.865. The van der Waals surface area contributed by atoms with Crippen LogP contribution in [0.25, 0.3) is 0 Å². The summed E-state index contributed by atoms with van der Waals surface area (Å²) in [5.41, 5.74) is 2.35. The Labute approximate surface area is 119 Å². The van der Waals surface area contributed by atoms with Crippen molar-refractivity contribution in [3.05, 3.63) is 35.4 Å². The van der Waals surface area contributed by atoms with E-state index in [1.54, 1.807) is 0 Å². The minimum Gasteiger partial charge on any atom is -0.376 e. The third-order valence-electron chi connectivity index (χ3n) is 3.17. The van der Waals surface area contributed by atoms with E-state index in [-0.39, 0.29) is 5.91 Å².